The van der Waals surface area contributed by atoms with E-state index in [4.69, 9.17) is 0 Å². The van der Waals surface area contributed by atoms with Gasteiger partial charge in [0, 0.05) is 6.04 Å². The van der Waals surface area contributed by atoms with Gasteiger partial charge in [0.2, 0.25) is 0 Å². The number of hydrogen-bond donors (Lipinski definition) is 1. The van der Waals surface area contributed by atoms with E-state index in [0.717, 1.165) is 29.7 Å². The molecule has 1 heteroatoms. The van der Waals surface area contributed by atoms with Crippen LogP contribution in [0.5, 0.6) is 0 Å². The second kappa shape index (κ2) is 6.81. The average molecular weight is 280 g/mol. The summed E-state index contributed by atoms with van der Waals surface area (Å²) in [7, 11) is 0. The molecular weight excluding hydrogens is 242 g/mol. The molecule has 2 aliphatic carbocycles. The van der Waals surface area contributed by atoms with Crippen LogP contribution in [-0.4, -0.2) is 12.6 Å². The van der Waals surface area contributed by atoms with E-state index < -0.39 is 0 Å². The minimum absolute atomic E-state index is 0.503. The van der Waals surface area contributed by atoms with Crippen molar-refractivity contribution >= 4 is 0 Å². The lowest BCUT2D eigenvalue weighted by atomic mass is 9.64. The average Bonchev–Trinajstić information content (AvgIpc) is 3.20. The summed E-state index contributed by atoms with van der Waals surface area (Å²) in [5, 5.41) is 3.80. The summed E-state index contributed by atoms with van der Waals surface area (Å²) in [4.78, 5) is 0. The molecule has 2 fully saturated rings. The minimum atomic E-state index is 0.503. The van der Waals surface area contributed by atoms with E-state index in [1.165, 1.54) is 51.5 Å². The zero-order chi connectivity index (χ0) is 14.8. The van der Waals surface area contributed by atoms with Gasteiger partial charge in [-0.05, 0) is 74.2 Å². The summed E-state index contributed by atoms with van der Waals surface area (Å²) >= 11 is 0. The molecular formula is C19H37N. The molecule has 1 N–H and O–H groups in total. The third-order valence-corrected chi connectivity index (χ3v) is 6.01. The molecule has 0 heterocycles. The van der Waals surface area contributed by atoms with Crippen molar-refractivity contribution in [1.82, 2.24) is 5.32 Å². The summed E-state index contributed by atoms with van der Waals surface area (Å²) < 4.78 is 0. The third kappa shape index (κ3) is 4.76. The lowest BCUT2D eigenvalue weighted by molar-refractivity contribution is 0.0837. The van der Waals surface area contributed by atoms with Crippen molar-refractivity contribution in [1.29, 1.82) is 0 Å². The minimum Gasteiger partial charge on any atom is -0.314 e. The predicted octanol–water partition coefficient (Wildman–Crippen LogP) is 5.25. The first-order chi connectivity index (χ1) is 9.40. The molecule has 0 aromatic carbocycles. The summed E-state index contributed by atoms with van der Waals surface area (Å²) in [5.41, 5.74) is 0.503. The third-order valence-electron chi connectivity index (χ3n) is 6.01. The molecule has 0 amide bonds. The molecule has 0 spiro atoms. The van der Waals surface area contributed by atoms with Gasteiger partial charge in [0.25, 0.3) is 0 Å². The maximum absolute atomic E-state index is 3.80. The highest BCUT2D eigenvalue weighted by atomic mass is 14.9. The van der Waals surface area contributed by atoms with Crippen LogP contribution in [0.1, 0.15) is 79.6 Å². The van der Waals surface area contributed by atoms with Crippen LogP contribution in [0.4, 0.5) is 0 Å². The van der Waals surface area contributed by atoms with Crippen LogP contribution in [0.25, 0.3) is 0 Å². The maximum atomic E-state index is 3.80. The number of rotatable bonds is 6. The smallest absolute Gasteiger partial charge is 0.00683 e. The molecule has 0 radical (unpaired) electrons. The molecule has 4 unspecified atom stereocenters. The van der Waals surface area contributed by atoms with Gasteiger partial charge < -0.3 is 5.32 Å². The standard InChI is InChI=1S/C19H37N/c1-6-14(2)11-16-12-17(19(3,4)5)8-7-15(16)13-20-18-9-10-18/h14-18,20H,6-13H2,1-5H3. The van der Waals surface area contributed by atoms with Crippen LogP contribution in [-0.2, 0) is 0 Å². The molecule has 0 bridgehead atoms. The van der Waals surface area contributed by atoms with Crippen molar-refractivity contribution < 1.29 is 0 Å². The summed E-state index contributed by atoms with van der Waals surface area (Å²) in [6.07, 6.45) is 10.0. The molecule has 0 aromatic heterocycles. The van der Waals surface area contributed by atoms with Crippen molar-refractivity contribution in [2.75, 3.05) is 6.54 Å². The topological polar surface area (TPSA) is 12.0 Å². The van der Waals surface area contributed by atoms with Gasteiger partial charge in [0.1, 0.15) is 0 Å². The van der Waals surface area contributed by atoms with Crippen molar-refractivity contribution in [2.45, 2.75) is 85.6 Å². The lowest BCUT2D eigenvalue weighted by Gasteiger charge is -2.43. The van der Waals surface area contributed by atoms with Gasteiger partial charge in [-0.2, -0.15) is 0 Å². The Morgan fingerprint density at radius 3 is 2.30 bits per heavy atom. The SMILES string of the molecule is CCC(C)CC1CC(C(C)(C)C)CCC1CNC1CC1. The van der Waals surface area contributed by atoms with Gasteiger partial charge in [-0.15, -0.1) is 0 Å². The Bertz CT molecular complexity index is 287. The molecule has 0 saturated heterocycles. The van der Waals surface area contributed by atoms with Crippen molar-refractivity contribution in [2.24, 2.45) is 29.1 Å². The highest BCUT2D eigenvalue weighted by molar-refractivity contribution is 4.89. The zero-order valence-corrected chi connectivity index (χ0v) is 14.5. The maximum Gasteiger partial charge on any atom is 0.00683 e. The van der Waals surface area contributed by atoms with E-state index >= 15 is 0 Å². The Kier molecular flexibility index (Phi) is 5.56. The largest absolute Gasteiger partial charge is 0.314 e. The molecule has 4 atom stereocenters. The quantitative estimate of drug-likeness (QED) is 0.700. The first-order valence-corrected chi connectivity index (χ1v) is 9.13. The monoisotopic (exact) mass is 279 g/mol. The van der Waals surface area contributed by atoms with Crippen molar-refractivity contribution in [3.8, 4) is 0 Å². The molecule has 1 nitrogen and oxygen atoms in total. The lowest BCUT2D eigenvalue weighted by Crippen LogP contribution is -2.37. The van der Waals surface area contributed by atoms with Gasteiger partial charge >= 0.3 is 0 Å². The highest BCUT2D eigenvalue weighted by Gasteiger charge is 2.36. The Hall–Kier alpha value is -0.0400. The molecule has 0 aliphatic heterocycles. The van der Waals surface area contributed by atoms with Crippen LogP contribution in [0.3, 0.4) is 0 Å². The summed E-state index contributed by atoms with van der Waals surface area (Å²) in [6, 6.07) is 0.875. The fourth-order valence-electron chi connectivity index (χ4n) is 3.96. The van der Waals surface area contributed by atoms with Gasteiger partial charge in [-0.3, -0.25) is 0 Å². The fraction of sp³-hybridized carbons (Fsp3) is 1.00. The van der Waals surface area contributed by atoms with Gasteiger partial charge in [-0.25, -0.2) is 0 Å². The normalized spacial score (nSPS) is 33.1. The van der Waals surface area contributed by atoms with E-state index in [1.54, 1.807) is 0 Å². The molecule has 118 valence electrons. The van der Waals surface area contributed by atoms with Crippen LogP contribution in [0, 0.1) is 29.1 Å². The number of nitrogens with one attached hydrogen (secondary N) is 1. The predicted molar refractivity (Wildman–Crippen MR) is 88.9 cm³/mol. The van der Waals surface area contributed by atoms with Crippen LogP contribution in [0.2, 0.25) is 0 Å². The second-order valence-electron chi connectivity index (χ2n) is 8.83. The summed E-state index contributed by atoms with van der Waals surface area (Å²) in [6.45, 7) is 13.4. The van der Waals surface area contributed by atoms with Gasteiger partial charge in [-0.1, -0.05) is 41.0 Å². The van der Waals surface area contributed by atoms with Crippen molar-refractivity contribution in [3.05, 3.63) is 0 Å². The van der Waals surface area contributed by atoms with E-state index in [0.29, 0.717) is 5.41 Å². The van der Waals surface area contributed by atoms with Crippen LogP contribution in [0.15, 0.2) is 0 Å². The fourth-order valence-corrected chi connectivity index (χ4v) is 3.96. The zero-order valence-electron chi connectivity index (χ0n) is 14.5. The second-order valence-corrected chi connectivity index (χ2v) is 8.83. The molecule has 2 saturated carbocycles. The first kappa shape index (κ1) is 16.3. The summed E-state index contributed by atoms with van der Waals surface area (Å²) in [5.74, 6) is 3.76. The van der Waals surface area contributed by atoms with E-state index in [9.17, 15) is 0 Å². The van der Waals surface area contributed by atoms with Crippen LogP contribution < -0.4 is 5.32 Å². The Balaban J connectivity index is 1.91. The van der Waals surface area contributed by atoms with E-state index in [-0.39, 0.29) is 0 Å². The van der Waals surface area contributed by atoms with Gasteiger partial charge in [0.05, 0.1) is 0 Å². The van der Waals surface area contributed by atoms with Crippen LogP contribution >= 0.6 is 0 Å². The van der Waals surface area contributed by atoms with E-state index in [2.05, 4.69) is 39.9 Å². The highest BCUT2D eigenvalue weighted by Crippen LogP contribution is 2.45. The van der Waals surface area contributed by atoms with E-state index in [1.807, 2.05) is 0 Å². The molecule has 2 aliphatic rings. The van der Waals surface area contributed by atoms with Gasteiger partial charge in [0.15, 0.2) is 0 Å². The first-order valence-electron chi connectivity index (χ1n) is 9.13. The van der Waals surface area contributed by atoms with Crippen molar-refractivity contribution in [3.63, 3.8) is 0 Å². The Morgan fingerprint density at radius 1 is 1.05 bits per heavy atom. The number of hydrogen-bond acceptors (Lipinski definition) is 1. The molecule has 0 aromatic rings. The Morgan fingerprint density at radius 2 is 1.75 bits per heavy atom. The Labute approximate surface area is 127 Å². The molecule has 2 rings (SSSR count). The molecule has 20 heavy (non-hydrogen) atoms.